The second-order valence-corrected chi connectivity index (χ2v) is 6.23. The van der Waals surface area contributed by atoms with Gasteiger partial charge in [0.25, 0.3) is 5.91 Å². The van der Waals surface area contributed by atoms with E-state index in [0.717, 1.165) is 18.2 Å². The van der Waals surface area contributed by atoms with Crippen molar-refractivity contribution in [3.05, 3.63) is 65.2 Å². The van der Waals surface area contributed by atoms with Crippen LogP contribution in [0.1, 0.15) is 22.8 Å². The molecule has 3 rings (SSSR count). The Balaban J connectivity index is 1.88. The maximum atomic E-state index is 14.1. The second kappa shape index (κ2) is 6.79. The molecule has 2 aromatic rings. The third-order valence-corrected chi connectivity index (χ3v) is 4.44. The van der Waals surface area contributed by atoms with Gasteiger partial charge in [-0.05, 0) is 37.3 Å². The molecule has 0 spiro atoms. The Morgan fingerprint density at radius 3 is 2.63 bits per heavy atom. The Morgan fingerprint density at radius 2 is 1.93 bits per heavy atom. The first-order chi connectivity index (χ1) is 12.8. The Labute approximate surface area is 153 Å². The first-order valence-corrected chi connectivity index (χ1v) is 8.03. The summed E-state index contributed by atoms with van der Waals surface area (Å²) >= 11 is 0. The maximum absolute atomic E-state index is 14.1. The highest BCUT2D eigenvalue weighted by Gasteiger charge is 2.50. The van der Waals surface area contributed by atoms with Gasteiger partial charge in [0.2, 0.25) is 0 Å². The highest BCUT2D eigenvalue weighted by molar-refractivity contribution is 6.11. The lowest BCUT2D eigenvalue weighted by Crippen LogP contribution is -2.42. The largest absolute Gasteiger partial charge is 0.497 e. The molecule has 1 N–H and O–H groups in total. The number of carbonyl (C=O) groups is 3. The average molecular weight is 374 g/mol. The second-order valence-electron chi connectivity index (χ2n) is 6.23. The summed E-state index contributed by atoms with van der Waals surface area (Å²) in [7, 11) is 1.44. The van der Waals surface area contributed by atoms with Crippen LogP contribution in [0.5, 0.6) is 5.75 Å². The molecular weight excluding hydrogens is 358 g/mol. The predicted octanol–water partition coefficient (Wildman–Crippen LogP) is 2.62. The lowest BCUT2D eigenvalue weighted by molar-refractivity contribution is -0.130. The van der Waals surface area contributed by atoms with E-state index in [1.54, 1.807) is 12.1 Å². The third-order valence-electron chi connectivity index (χ3n) is 4.44. The van der Waals surface area contributed by atoms with Crippen molar-refractivity contribution in [1.82, 2.24) is 10.2 Å². The number of Topliss-reactive ketones (excluding diaryl/α,β-unsaturated/α-hetero) is 1. The molecule has 1 unspecified atom stereocenters. The van der Waals surface area contributed by atoms with Crippen molar-refractivity contribution in [1.29, 1.82) is 0 Å². The number of imide groups is 1. The molecule has 8 heteroatoms. The number of carbonyl (C=O) groups excluding carboxylic acids is 3. The lowest BCUT2D eigenvalue weighted by atomic mass is 9.91. The topological polar surface area (TPSA) is 75.7 Å². The monoisotopic (exact) mass is 374 g/mol. The van der Waals surface area contributed by atoms with Crippen LogP contribution in [0.3, 0.4) is 0 Å². The van der Waals surface area contributed by atoms with Crippen molar-refractivity contribution >= 4 is 17.7 Å². The van der Waals surface area contributed by atoms with Crippen LogP contribution < -0.4 is 10.1 Å². The number of hydrogen-bond acceptors (Lipinski definition) is 4. The number of amides is 3. The first kappa shape index (κ1) is 18.5. The minimum Gasteiger partial charge on any atom is -0.497 e. The predicted molar refractivity (Wildman–Crippen MR) is 91.3 cm³/mol. The van der Waals surface area contributed by atoms with Gasteiger partial charge in [-0.2, -0.15) is 0 Å². The molecule has 0 bridgehead atoms. The molecule has 27 heavy (non-hydrogen) atoms. The number of ether oxygens (including phenoxy) is 1. The van der Waals surface area contributed by atoms with Crippen LogP contribution in [0, 0.1) is 11.6 Å². The molecule has 1 heterocycles. The molecular formula is C19H16F2N2O4. The molecule has 1 atom stereocenters. The normalized spacial score (nSPS) is 19.2. The van der Waals surface area contributed by atoms with Gasteiger partial charge >= 0.3 is 6.03 Å². The van der Waals surface area contributed by atoms with E-state index in [0.29, 0.717) is 10.6 Å². The average Bonchev–Trinajstić information content (AvgIpc) is 2.87. The summed E-state index contributed by atoms with van der Waals surface area (Å²) in [5, 5.41) is 2.35. The quantitative estimate of drug-likeness (QED) is 0.645. The number of ketones is 1. The Morgan fingerprint density at radius 1 is 1.19 bits per heavy atom. The minimum atomic E-state index is -1.81. The molecule has 140 valence electrons. The number of urea groups is 1. The van der Waals surface area contributed by atoms with Gasteiger partial charge in [-0.3, -0.25) is 14.5 Å². The van der Waals surface area contributed by atoms with Crippen molar-refractivity contribution in [2.45, 2.75) is 12.5 Å². The van der Waals surface area contributed by atoms with Crippen molar-refractivity contribution in [2.24, 2.45) is 0 Å². The number of benzene rings is 2. The van der Waals surface area contributed by atoms with Gasteiger partial charge in [-0.15, -0.1) is 0 Å². The van der Waals surface area contributed by atoms with E-state index < -0.39 is 41.4 Å². The zero-order chi connectivity index (χ0) is 19.8. The van der Waals surface area contributed by atoms with Gasteiger partial charge < -0.3 is 10.1 Å². The van der Waals surface area contributed by atoms with Crippen LogP contribution in [0.25, 0.3) is 0 Å². The molecule has 0 radical (unpaired) electrons. The molecule has 0 aliphatic carbocycles. The van der Waals surface area contributed by atoms with Gasteiger partial charge in [0.1, 0.15) is 22.9 Å². The number of rotatable bonds is 5. The molecule has 0 aromatic heterocycles. The highest BCUT2D eigenvalue weighted by atomic mass is 19.1. The first-order valence-electron chi connectivity index (χ1n) is 8.03. The molecule has 3 amide bonds. The summed E-state index contributed by atoms with van der Waals surface area (Å²) in [5.74, 6) is -2.48. The van der Waals surface area contributed by atoms with E-state index in [9.17, 15) is 23.2 Å². The molecule has 6 nitrogen and oxygen atoms in total. The molecule has 1 fully saturated rings. The van der Waals surface area contributed by atoms with Gasteiger partial charge in [-0.25, -0.2) is 13.6 Å². The smallest absolute Gasteiger partial charge is 0.325 e. The Bertz CT molecular complexity index is 947. The van der Waals surface area contributed by atoms with E-state index >= 15 is 0 Å². The van der Waals surface area contributed by atoms with Crippen LogP contribution in [-0.4, -0.2) is 36.3 Å². The van der Waals surface area contributed by atoms with Crippen LogP contribution in [0.2, 0.25) is 0 Å². The van der Waals surface area contributed by atoms with Crippen molar-refractivity contribution in [3.8, 4) is 5.75 Å². The Kier molecular flexibility index (Phi) is 4.65. The zero-order valence-corrected chi connectivity index (χ0v) is 14.6. The third kappa shape index (κ3) is 3.25. The van der Waals surface area contributed by atoms with E-state index in [1.807, 2.05) is 0 Å². The number of nitrogens with zero attached hydrogens (tertiary/aromatic N) is 1. The van der Waals surface area contributed by atoms with Crippen molar-refractivity contribution < 1.29 is 27.9 Å². The summed E-state index contributed by atoms with van der Waals surface area (Å²) in [6.07, 6.45) is 0. The molecule has 2 aromatic carbocycles. The van der Waals surface area contributed by atoms with E-state index in [2.05, 4.69) is 5.32 Å². The van der Waals surface area contributed by atoms with Gasteiger partial charge in [0, 0.05) is 11.1 Å². The zero-order valence-electron chi connectivity index (χ0n) is 14.6. The lowest BCUT2D eigenvalue weighted by Gasteiger charge is -2.22. The van der Waals surface area contributed by atoms with E-state index in [1.165, 1.54) is 26.2 Å². The number of halogens is 2. The van der Waals surface area contributed by atoms with Crippen LogP contribution >= 0.6 is 0 Å². The van der Waals surface area contributed by atoms with Crippen LogP contribution in [-0.2, 0) is 10.3 Å². The summed E-state index contributed by atoms with van der Waals surface area (Å²) < 4.78 is 32.7. The summed E-state index contributed by atoms with van der Waals surface area (Å²) in [5.41, 5.74) is -1.87. The number of hydrogen-bond donors (Lipinski definition) is 1. The fourth-order valence-electron chi connectivity index (χ4n) is 2.94. The SMILES string of the molecule is COc1cccc(C(=O)CN2C(=O)NC(C)(c3cc(F)ccc3F)C2=O)c1. The summed E-state index contributed by atoms with van der Waals surface area (Å²) in [6.45, 7) is 0.728. The van der Waals surface area contributed by atoms with E-state index in [4.69, 9.17) is 4.74 Å². The van der Waals surface area contributed by atoms with Crippen LogP contribution in [0.4, 0.5) is 13.6 Å². The van der Waals surface area contributed by atoms with Crippen LogP contribution in [0.15, 0.2) is 42.5 Å². The maximum Gasteiger partial charge on any atom is 0.325 e. The van der Waals surface area contributed by atoms with E-state index in [-0.39, 0.29) is 11.1 Å². The fourth-order valence-corrected chi connectivity index (χ4v) is 2.94. The van der Waals surface area contributed by atoms with Gasteiger partial charge in [-0.1, -0.05) is 12.1 Å². The highest BCUT2D eigenvalue weighted by Crippen LogP contribution is 2.31. The van der Waals surface area contributed by atoms with Crippen molar-refractivity contribution in [2.75, 3.05) is 13.7 Å². The molecule has 1 aliphatic rings. The Hall–Kier alpha value is -3.29. The fraction of sp³-hybridized carbons (Fsp3) is 0.211. The molecule has 1 saturated heterocycles. The standard InChI is InChI=1S/C19H16F2N2O4/c1-19(14-9-12(20)6-7-15(14)21)17(25)23(18(26)22-19)10-16(24)11-4-3-5-13(8-11)27-2/h3-9H,10H2,1-2H3,(H,22,26). The summed E-state index contributed by atoms with van der Waals surface area (Å²) in [4.78, 5) is 38.2. The number of nitrogens with one attached hydrogen (secondary N) is 1. The van der Waals surface area contributed by atoms with Crippen molar-refractivity contribution in [3.63, 3.8) is 0 Å². The molecule has 0 saturated carbocycles. The molecule has 1 aliphatic heterocycles. The summed E-state index contributed by atoms with van der Waals surface area (Å²) in [6, 6.07) is 8.02. The number of methoxy groups -OCH3 is 1. The van der Waals surface area contributed by atoms with Gasteiger partial charge in [0.05, 0.1) is 13.7 Å². The minimum absolute atomic E-state index is 0.250. The van der Waals surface area contributed by atoms with Gasteiger partial charge in [0.15, 0.2) is 5.78 Å².